The van der Waals surface area contributed by atoms with Gasteiger partial charge in [0.2, 0.25) is 5.91 Å². The second-order valence-electron chi connectivity index (χ2n) is 12.4. The lowest BCUT2D eigenvalue weighted by Crippen LogP contribution is -2.59. The van der Waals surface area contributed by atoms with Gasteiger partial charge >= 0.3 is 0 Å². The number of aromatic nitrogens is 2. The molecule has 1 N–H and O–H groups in total. The lowest BCUT2D eigenvalue weighted by molar-refractivity contribution is -0.136. The molecule has 40 heavy (non-hydrogen) atoms. The molecule has 3 aliphatic heterocycles. The summed E-state index contributed by atoms with van der Waals surface area (Å²) in [7, 11) is 0. The van der Waals surface area contributed by atoms with Crippen LogP contribution in [0.4, 0.5) is 4.39 Å². The van der Waals surface area contributed by atoms with Crippen LogP contribution < -0.4 is 5.32 Å². The quantitative estimate of drug-likeness (QED) is 0.458. The molecule has 1 aromatic carbocycles. The van der Waals surface area contributed by atoms with Crippen LogP contribution in [-0.2, 0) is 4.79 Å². The zero-order valence-electron chi connectivity index (χ0n) is 23.9. The lowest BCUT2D eigenvalue weighted by Gasteiger charge is -2.43. The number of rotatable bonds is 6. The van der Waals surface area contributed by atoms with E-state index in [-0.39, 0.29) is 35.9 Å². The highest BCUT2D eigenvalue weighted by molar-refractivity contribution is 5.99. The first-order chi connectivity index (χ1) is 19.2. The van der Waals surface area contributed by atoms with Crippen molar-refractivity contribution in [2.75, 3.05) is 13.1 Å². The third kappa shape index (κ3) is 4.70. The standard InChI is InChI=1S/C32H40FN5O2/c1-19(2)38(20(3)4)31(39)26-15-23(33)7-10-28(26)37-18-27(25-11-13-34-16-29(25)37)22-12-14-36(17-22)32(40)30-21-5-8-24(35-30)9-6-21/h7,10-11,13,15-16,18-22,24,30,35H,5-6,8-9,12,14,17H2,1-4H3/t21?,22?,24?,30-/m0/s1. The normalized spacial score (nSPS) is 24.4. The van der Waals surface area contributed by atoms with E-state index < -0.39 is 5.82 Å². The average Bonchev–Trinajstić information content (AvgIpc) is 3.58. The van der Waals surface area contributed by atoms with Crippen molar-refractivity contribution in [2.24, 2.45) is 5.92 Å². The maximum Gasteiger partial charge on any atom is 0.256 e. The van der Waals surface area contributed by atoms with Crippen molar-refractivity contribution in [2.45, 2.75) is 89.9 Å². The Balaban J connectivity index is 1.34. The van der Waals surface area contributed by atoms with Gasteiger partial charge in [-0.25, -0.2) is 4.39 Å². The van der Waals surface area contributed by atoms with Gasteiger partial charge in [-0.1, -0.05) is 0 Å². The van der Waals surface area contributed by atoms with Crippen LogP contribution in [0.5, 0.6) is 0 Å². The van der Waals surface area contributed by atoms with Crippen LogP contribution in [0.3, 0.4) is 0 Å². The highest BCUT2D eigenvalue weighted by atomic mass is 19.1. The summed E-state index contributed by atoms with van der Waals surface area (Å²) < 4.78 is 16.5. The number of fused-ring (bicyclic) bond motifs is 4. The van der Waals surface area contributed by atoms with Crippen molar-refractivity contribution in [1.29, 1.82) is 0 Å². The van der Waals surface area contributed by atoms with Crippen LogP contribution in [0.25, 0.3) is 16.6 Å². The Bertz CT molecular complexity index is 1420. The molecule has 2 atom stereocenters. The zero-order valence-corrected chi connectivity index (χ0v) is 23.9. The van der Waals surface area contributed by atoms with Crippen molar-refractivity contribution in [3.8, 4) is 5.69 Å². The number of pyridine rings is 1. The fourth-order valence-electron chi connectivity index (χ4n) is 7.41. The smallest absolute Gasteiger partial charge is 0.256 e. The van der Waals surface area contributed by atoms with Gasteiger partial charge in [0, 0.05) is 54.9 Å². The number of carbonyl (C=O) groups is 2. The molecule has 212 valence electrons. The number of nitrogens with zero attached hydrogens (tertiary/aromatic N) is 4. The molecule has 0 radical (unpaired) electrons. The molecule has 1 unspecified atom stereocenters. The van der Waals surface area contributed by atoms with Gasteiger partial charge in [-0.2, -0.15) is 0 Å². The summed E-state index contributed by atoms with van der Waals surface area (Å²) in [4.78, 5) is 35.5. The molecular weight excluding hydrogens is 505 g/mol. The number of amides is 2. The van der Waals surface area contributed by atoms with Crippen molar-refractivity contribution >= 4 is 22.7 Å². The predicted molar refractivity (Wildman–Crippen MR) is 154 cm³/mol. The van der Waals surface area contributed by atoms with Gasteiger partial charge in [-0.05, 0) is 95.5 Å². The summed E-state index contributed by atoms with van der Waals surface area (Å²) in [5, 5.41) is 4.67. The Hall–Kier alpha value is -3.26. The lowest BCUT2D eigenvalue weighted by atomic mass is 9.76. The van der Waals surface area contributed by atoms with Crippen LogP contribution >= 0.6 is 0 Å². The molecule has 3 saturated heterocycles. The Labute approximate surface area is 235 Å². The van der Waals surface area contributed by atoms with Crippen molar-refractivity contribution < 1.29 is 14.0 Å². The molecule has 2 amide bonds. The minimum absolute atomic E-state index is 0.0295. The molecule has 7 nitrogen and oxygen atoms in total. The zero-order chi connectivity index (χ0) is 28.1. The van der Waals surface area contributed by atoms with Crippen molar-refractivity contribution in [3.05, 3.63) is 59.8 Å². The predicted octanol–water partition coefficient (Wildman–Crippen LogP) is 5.27. The van der Waals surface area contributed by atoms with Crippen LogP contribution in [-0.4, -0.2) is 68.4 Å². The number of piperidine rings is 2. The number of benzene rings is 1. The van der Waals surface area contributed by atoms with E-state index in [1.165, 1.54) is 25.0 Å². The summed E-state index contributed by atoms with van der Waals surface area (Å²) in [6.07, 6.45) is 11.2. The Morgan fingerprint density at radius 3 is 2.48 bits per heavy atom. The first-order valence-corrected chi connectivity index (χ1v) is 14.8. The number of halogens is 1. The molecule has 2 bridgehead atoms. The van der Waals surface area contributed by atoms with Crippen molar-refractivity contribution in [3.63, 3.8) is 0 Å². The number of hydrogen-bond acceptors (Lipinski definition) is 4. The SMILES string of the molecule is CC(C)N(C(=O)c1cc(F)ccc1-n1cc(C2CCN(C(=O)[C@H]3NC4CCC3CC4)C2)c2ccncc21)C(C)C. The molecular formula is C32H40FN5O2. The van der Waals surface area contributed by atoms with Gasteiger partial charge in [-0.15, -0.1) is 0 Å². The van der Waals surface area contributed by atoms with E-state index in [1.54, 1.807) is 23.4 Å². The van der Waals surface area contributed by atoms with E-state index in [9.17, 15) is 14.0 Å². The highest BCUT2D eigenvalue weighted by Gasteiger charge is 2.42. The second kappa shape index (κ2) is 10.6. The summed E-state index contributed by atoms with van der Waals surface area (Å²) in [5.41, 5.74) is 2.97. The van der Waals surface area contributed by atoms with Gasteiger partial charge < -0.3 is 19.7 Å². The van der Waals surface area contributed by atoms with Crippen LogP contribution in [0.15, 0.2) is 42.9 Å². The summed E-state index contributed by atoms with van der Waals surface area (Å²) >= 11 is 0. The second-order valence-corrected chi connectivity index (χ2v) is 12.4. The van der Waals surface area contributed by atoms with Gasteiger partial charge in [-0.3, -0.25) is 14.6 Å². The van der Waals surface area contributed by atoms with Crippen molar-refractivity contribution in [1.82, 2.24) is 24.7 Å². The van der Waals surface area contributed by atoms with E-state index in [0.717, 1.165) is 42.3 Å². The molecule has 3 aromatic rings. The minimum atomic E-state index is -0.440. The van der Waals surface area contributed by atoms with Crippen LogP contribution in [0.1, 0.15) is 81.6 Å². The maximum atomic E-state index is 14.5. The fourth-order valence-corrected chi connectivity index (χ4v) is 7.41. The Kier molecular flexibility index (Phi) is 7.15. The highest BCUT2D eigenvalue weighted by Crippen LogP contribution is 2.38. The Morgan fingerprint density at radius 2 is 1.80 bits per heavy atom. The van der Waals surface area contributed by atoms with E-state index in [0.29, 0.717) is 29.8 Å². The van der Waals surface area contributed by atoms with Gasteiger partial charge in [0.1, 0.15) is 5.82 Å². The fraction of sp³-hybridized carbons (Fsp3) is 0.531. The van der Waals surface area contributed by atoms with E-state index in [2.05, 4.69) is 16.5 Å². The molecule has 7 rings (SSSR count). The monoisotopic (exact) mass is 545 g/mol. The third-order valence-electron chi connectivity index (χ3n) is 9.30. The molecule has 0 spiro atoms. The molecule has 1 saturated carbocycles. The number of nitrogens with one attached hydrogen (secondary N) is 1. The molecule has 4 fully saturated rings. The van der Waals surface area contributed by atoms with Crippen LogP contribution in [0, 0.1) is 11.7 Å². The van der Waals surface area contributed by atoms with E-state index in [1.807, 2.05) is 43.2 Å². The summed E-state index contributed by atoms with van der Waals surface area (Å²) in [6, 6.07) is 6.82. The first-order valence-electron chi connectivity index (χ1n) is 14.8. The Morgan fingerprint density at radius 1 is 1.05 bits per heavy atom. The first kappa shape index (κ1) is 26.9. The van der Waals surface area contributed by atoms with Gasteiger partial charge in [0.05, 0.1) is 29.0 Å². The van der Waals surface area contributed by atoms with Gasteiger partial charge in [0.15, 0.2) is 0 Å². The summed E-state index contributed by atoms with van der Waals surface area (Å²) in [5.74, 6) is 0.243. The molecule has 2 aromatic heterocycles. The van der Waals surface area contributed by atoms with Crippen LogP contribution in [0.2, 0.25) is 0 Å². The summed E-state index contributed by atoms with van der Waals surface area (Å²) in [6.45, 7) is 9.33. The topological polar surface area (TPSA) is 70.5 Å². The number of hydrogen-bond donors (Lipinski definition) is 1. The van der Waals surface area contributed by atoms with Gasteiger partial charge in [0.25, 0.3) is 5.91 Å². The number of carbonyl (C=O) groups excluding carboxylic acids is 2. The van der Waals surface area contributed by atoms with E-state index >= 15 is 0 Å². The molecule has 4 aliphatic rings. The average molecular weight is 546 g/mol. The minimum Gasteiger partial charge on any atom is -0.341 e. The molecule has 5 heterocycles. The van der Waals surface area contributed by atoms with E-state index in [4.69, 9.17) is 0 Å². The number of likely N-dealkylation sites (tertiary alicyclic amines) is 1. The molecule has 1 aliphatic carbocycles. The maximum absolute atomic E-state index is 14.5. The third-order valence-corrected chi connectivity index (χ3v) is 9.30. The largest absolute Gasteiger partial charge is 0.341 e. The molecule has 8 heteroatoms.